The maximum atomic E-state index is 13.1. The highest BCUT2D eigenvalue weighted by Crippen LogP contribution is 2.28. The molecule has 0 saturated heterocycles. The molecule has 0 fully saturated rings. The third kappa shape index (κ3) is 5.01. The first-order valence-corrected chi connectivity index (χ1v) is 11.7. The van der Waals surface area contributed by atoms with E-state index in [1.54, 1.807) is 11.6 Å². The van der Waals surface area contributed by atoms with Crippen LogP contribution >= 0.6 is 27.3 Å². The molecule has 0 aliphatic heterocycles. The van der Waals surface area contributed by atoms with Crippen LogP contribution in [-0.2, 0) is 16.4 Å². The fourth-order valence-corrected chi connectivity index (χ4v) is 5.49. The molecule has 2 aromatic heterocycles. The van der Waals surface area contributed by atoms with Crippen molar-refractivity contribution in [3.8, 4) is 10.6 Å². The lowest BCUT2D eigenvalue weighted by atomic mass is 10.2. The maximum Gasteiger partial charge on any atom is 0.261 e. The van der Waals surface area contributed by atoms with Gasteiger partial charge in [-0.2, -0.15) is 4.31 Å². The van der Waals surface area contributed by atoms with Crippen LogP contribution in [0.3, 0.4) is 0 Å². The summed E-state index contributed by atoms with van der Waals surface area (Å²) >= 11 is 4.74. The molecule has 0 aliphatic carbocycles. The molecule has 3 aromatic rings. The Labute approximate surface area is 172 Å². The smallest absolute Gasteiger partial charge is 0.261 e. The first-order valence-electron chi connectivity index (χ1n) is 8.62. The first kappa shape index (κ1) is 20.1. The summed E-state index contributed by atoms with van der Waals surface area (Å²) in [6.07, 6.45) is 3.04. The van der Waals surface area contributed by atoms with Gasteiger partial charge in [0.1, 0.15) is 5.01 Å². The minimum absolute atomic E-state index is 0.111. The predicted octanol–water partition coefficient (Wildman–Crippen LogP) is 4.61. The Hall–Kier alpha value is -1.61. The Morgan fingerprint density at radius 3 is 2.56 bits per heavy atom. The number of pyridine rings is 1. The molecule has 142 valence electrons. The van der Waals surface area contributed by atoms with E-state index in [2.05, 4.69) is 25.9 Å². The van der Waals surface area contributed by atoms with Crippen LogP contribution in [0.2, 0.25) is 0 Å². The van der Waals surface area contributed by atoms with Gasteiger partial charge in [0.25, 0.3) is 10.0 Å². The van der Waals surface area contributed by atoms with Gasteiger partial charge in [-0.1, -0.05) is 41.1 Å². The minimum Gasteiger partial charge on any atom is -0.261 e. The van der Waals surface area contributed by atoms with Gasteiger partial charge in [-0.25, -0.2) is 13.4 Å². The normalized spacial score (nSPS) is 11.8. The molecular formula is C19H20BrN3O2S2. The van der Waals surface area contributed by atoms with Crippen molar-refractivity contribution < 1.29 is 8.42 Å². The molecule has 0 atom stereocenters. The molecule has 0 saturated carbocycles. The van der Waals surface area contributed by atoms with Crippen molar-refractivity contribution in [2.45, 2.75) is 24.8 Å². The number of hydrogen-bond acceptors (Lipinski definition) is 5. The molecule has 5 nitrogen and oxygen atoms in total. The van der Waals surface area contributed by atoms with E-state index in [1.807, 2.05) is 49.4 Å². The Morgan fingerprint density at radius 2 is 1.89 bits per heavy atom. The standard InChI is InChI=1S/C19H20BrN3O2S2/c1-2-12-23(13-10-17-5-3-4-11-21-17)27(24,25)18-14-26-19(22-18)15-6-8-16(20)9-7-15/h3-9,11,14H,2,10,12-13H2,1H3. The van der Waals surface area contributed by atoms with Crippen LogP contribution < -0.4 is 0 Å². The summed E-state index contributed by atoms with van der Waals surface area (Å²) in [5.74, 6) is 0. The summed E-state index contributed by atoms with van der Waals surface area (Å²) < 4.78 is 28.6. The summed E-state index contributed by atoms with van der Waals surface area (Å²) in [4.78, 5) is 8.68. The van der Waals surface area contributed by atoms with Crippen molar-refractivity contribution in [2.24, 2.45) is 0 Å². The molecule has 0 aliphatic rings. The molecule has 0 N–H and O–H groups in total. The van der Waals surface area contributed by atoms with Gasteiger partial charge in [-0.15, -0.1) is 11.3 Å². The van der Waals surface area contributed by atoms with Gasteiger partial charge in [0.05, 0.1) is 0 Å². The summed E-state index contributed by atoms with van der Waals surface area (Å²) in [5.41, 5.74) is 1.78. The number of benzene rings is 1. The first-order chi connectivity index (χ1) is 13.0. The van der Waals surface area contributed by atoms with Crippen LogP contribution in [0.15, 0.2) is 63.5 Å². The molecule has 0 bridgehead atoms. The van der Waals surface area contributed by atoms with Crippen molar-refractivity contribution >= 4 is 37.3 Å². The van der Waals surface area contributed by atoms with Crippen molar-refractivity contribution in [2.75, 3.05) is 13.1 Å². The van der Waals surface area contributed by atoms with E-state index < -0.39 is 10.0 Å². The van der Waals surface area contributed by atoms with Crippen molar-refractivity contribution in [1.29, 1.82) is 0 Å². The Morgan fingerprint density at radius 1 is 1.11 bits per heavy atom. The Bertz CT molecular complexity index is 974. The van der Waals surface area contributed by atoms with Crippen molar-refractivity contribution in [3.05, 3.63) is 64.2 Å². The lowest BCUT2D eigenvalue weighted by molar-refractivity contribution is 0.411. The second-order valence-corrected chi connectivity index (χ2v) is 9.63. The molecule has 27 heavy (non-hydrogen) atoms. The maximum absolute atomic E-state index is 13.1. The lowest BCUT2D eigenvalue weighted by Crippen LogP contribution is -2.34. The van der Waals surface area contributed by atoms with E-state index in [1.165, 1.54) is 15.6 Å². The van der Waals surface area contributed by atoms with Gasteiger partial charge in [0.2, 0.25) is 0 Å². The molecular weight excluding hydrogens is 446 g/mol. The van der Waals surface area contributed by atoms with E-state index in [4.69, 9.17) is 0 Å². The van der Waals surface area contributed by atoms with E-state index in [0.717, 1.165) is 22.2 Å². The van der Waals surface area contributed by atoms with Crippen LogP contribution in [0.1, 0.15) is 19.0 Å². The van der Waals surface area contributed by atoms with Crippen molar-refractivity contribution in [1.82, 2.24) is 14.3 Å². The van der Waals surface area contributed by atoms with Gasteiger partial charge in [-0.3, -0.25) is 4.98 Å². The second-order valence-electron chi connectivity index (χ2n) is 5.97. The van der Waals surface area contributed by atoms with Crippen molar-refractivity contribution in [3.63, 3.8) is 0 Å². The summed E-state index contributed by atoms with van der Waals surface area (Å²) in [5, 5.41) is 2.43. The number of hydrogen-bond donors (Lipinski definition) is 0. The lowest BCUT2D eigenvalue weighted by Gasteiger charge is -2.20. The molecule has 0 amide bonds. The summed E-state index contributed by atoms with van der Waals surface area (Å²) in [6, 6.07) is 13.3. The summed E-state index contributed by atoms with van der Waals surface area (Å²) in [7, 11) is -3.63. The largest absolute Gasteiger partial charge is 0.261 e. The van der Waals surface area contributed by atoms with Crippen LogP contribution in [-0.4, -0.2) is 35.8 Å². The fourth-order valence-electron chi connectivity index (χ4n) is 2.62. The second kappa shape index (κ2) is 9.05. The quantitative estimate of drug-likeness (QED) is 0.487. The van der Waals surface area contributed by atoms with Gasteiger partial charge < -0.3 is 0 Å². The van der Waals surface area contributed by atoms with E-state index in [0.29, 0.717) is 24.5 Å². The van der Waals surface area contributed by atoms with Gasteiger partial charge >= 0.3 is 0 Å². The summed E-state index contributed by atoms with van der Waals surface area (Å²) in [6.45, 7) is 2.82. The third-order valence-electron chi connectivity index (χ3n) is 3.99. The van der Waals surface area contributed by atoms with E-state index in [9.17, 15) is 8.42 Å². The highest BCUT2D eigenvalue weighted by molar-refractivity contribution is 9.10. The van der Waals surface area contributed by atoms with E-state index in [-0.39, 0.29) is 5.03 Å². The molecule has 0 unspecified atom stereocenters. The van der Waals surface area contributed by atoms with Gasteiger partial charge in [0.15, 0.2) is 5.03 Å². The molecule has 0 spiro atoms. The van der Waals surface area contributed by atoms with Crippen LogP contribution in [0, 0.1) is 0 Å². The zero-order chi connectivity index (χ0) is 19.3. The Kier molecular flexibility index (Phi) is 6.75. The minimum atomic E-state index is -3.63. The zero-order valence-electron chi connectivity index (χ0n) is 14.9. The molecule has 2 heterocycles. The van der Waals surface area contributed by atoms with Crippen LogP contribution in [0.5, 0.6) is 0 Å². The zero-order valence-corrected chi connectivity index (χ0v) is 18.1. The number of thiazole rings is 1. The predicted molar refractivity (Wildman–Crippen MR) is 112 cm³/mol. The number of nitrogens with zero attached hydrogens (tertiary/aromatic N) is 3. The van der Waals surface area contributed by atoms with Crippen LogP contribution in [0.25, 0.3) is 10.6 Å². The number of aromatic nitrogens is 2. The molecule has 8 heteroatoms. The van der Waals surface area contributed by atoms with Gasteiger partial charge in [-0.05, 0) is 30.7 Å². The molecule has 0 radical (unpaired) electrons. The fraction of sp³-hybridized carbons (Fsp3) is 0.263. The third-order valence-corrected chi connectivity index (χ3v) is 7.35. The average molecular weight is 466 g/mol. The number of rotatable bonds is 8. The SMILES string of the molecule is CCCN(CCc1ccccn1)S(=O)(=O)c1csc(-c2ccc(Br)cc2)n1. The number of sulfonamides is 1. The average Bonchev–Trinajstić information content (AvgIpc) is 3.17. The highest BCUT2D eigenvalue weighted by Gasteiger charge is 2.26. The van der Waals surface area contributed by atoms with Crippen LogP contribution in [0.4, 0.5) is 0 Å². The van der Waals surface area contributed by atoms with Gasteiger partial charge in [0, 0.05) is 46.8 Å². The Balaban J connectivity index is 1.80. The monoisotopic (exact) mass is 465 g/mol. The molecule has 3 rings (SSSR count). The molecule has 1 aromatic carbocycles. The van der Waals surface area contributed by atoms with E-state index >= 15 is 0 Å². The topological polar surface area (TPSA) is 63.2 Å². The highest BCUT2D eigenvalue weighted by atomic mass is 79.9. The number of halogens is 1.